The molecule has 2 N–H and O–H groups in total. The van der Waals surface area contributed by atoms with Crippen molar-refractivity contribution in [3.63, 3.8) is 0 Å². The zero-order valence-corrected chi connectivity index (χ0v) is 11.9. The Morgan fingerprint density at radius 1 is 1.30 bits per heavy atom. The maximum Gasteiger partial charge on any atom is 0.255 e. The highest BCUT2D eigenvalue weighted by Crippen LogP contribution is 2.15. The van der Waals surface area contributed by atoms with E-state index in [-0.39, 0.29) is 5.91 Å². The molecular formula is C15H16ClN3O. The van der Waals surface area contributed by atoms with E-state index in [4.69, 9.17) is 11.6 Å². The highest BCUT2D eigenvalue weighted by molar-refractivity contribution is 6.29. The zero-order valence-electron chi connectivity index (χ0n) is 11.2. The summed E-state index contributed by atoms with van der Waals surface area (Å²) in [6.45, 7) is 0.825. The van der Waals surface area contributed by atoms with Gasteiger partial charge in [0.15, 0.2) is 0 Å². The molecule has 0 aliphatic heterocycles. The number of halogens is 1. The minimum atomic E-state index is -0.140. The minimum Gasteiger partial charge on any atom is -0.322 e. The fraction of sp³-hybridized carbons (Fsp3) is 0.200. The molecule has 104 valence electrons. The quantitative estimate of drug-likeness (QED) is 0.832. The molecule has 2 rings (SSSR count). The SMILES string of the molecule is CNCCc1ccccc1C(=O)Nc1ccnc(Cl)c1. The van der Waals surface area contributed by atoms with Crippen molar-refractivity contribution in [1.29, 1.82) is 0 Å². The number of rotatable bonds is 5. The van der Waals surface area contributed by atoms with Crippen molar-refractivity contribution in [3.05, 3.63) is 58.9 Å². The Morgan fingerprint density at radius 3 is 2.85 bits per heavy atom. The largest absolute Gasteiger partial charge is 0.322 e. The van der Waals surface area contributed by atoms with E-state index in [2.05, 4.69) is 15.6 Å². The fourth-order valence-corrected chi connectivity index (χ4v) is 2.07. The molecule has 0 atom stereocenters. The van der Waals surface area contributed by atoms with Crippen LogP contribution in [-0.4, -0.2) is 24.5 Å². The number of carbonyl (C=O) groups excluding carboxylic acids is 1. The summed E-state index contributed by atoms with van der Waals surface area (Å²) in [5.41, 5.74) is 2.33. The second-order valence-electron chi connectivity index (χ2n) is 4.33. The van der Waals surface area contributed by atoms with Crippen LogP contribution < -0.4 is 10.6 Å². The third kappa shape index (κ3) is 3.79. The first kappa shape index (κ1) is 14.5. The number of anilines is 1. The van der Waals surface area contributed by atoms with Gasteiger partial charge in [0.2, 0.25) is 0 Å². The molecule has 2 aromatic rings. The molecule has 0 saturated heterocycles. The van der Waals surface area contributed by atoms with Gasteiger partial charge in [0.25, 0.3) is 5.91 Å². The molecule has 0 aliphatic carbocycles. The summed E-state index contributed by atoms with van der Waals surface area (Å²) in [7, 11) is 1.89. The first-order chi connectivity index (χ1) is 9.70. The number of likely N-dealkylation sites (N-methyl/N-ethyl adjacent to an activating group) is 1. The van der Waals surface area contributed by atoms with Crippen molar-refractivity contribution in [2.75, 3.05) is 18.9 Å². The molecule has 1 aromatic carbocycles. The number of amides is 1. The molecule has 1 heterocycles. The van der Waals surface area contributed by atoms with E-state index in [1.807, 2.05) is 31.3 Å². The molecule has 0 unspecified atom stereocenters. The Labute approximate surface area is 123 Å². The van der Waals surface area contributed by atoms with Crippen LogP contribution in [0.15, 0.2) is 42.6 Å². The summed E-state index contributed by atoms with van der Waals surface area (Å²) in [6, 6.07) is 10.9. The molecule has 0 aliphatic rings. The number of hydrogen-bond donors (Lipinski definition) is 2. The van der Waals surface area contributed by atoms with Crippen LogP contribution in [0.3, 0.4) is 0 Å². The van der Waals surface area contributed by atoms with Crippen LogP contribution in [0.1, 0.15) is 15.9 Å². The van der Waals surface area contributed by atoms with Crippen LogP contribution in [0.25, 0.3) is 0 Å². The number of aromatic nitrogens is 1. The van der Waals surface area contributed by atoms with Crippen LogP contribution >= 0.6 is 11.6 Å². The number of carbonyl (C=O) groups is 1. The predicted molar refractivity (Wildman–Crippen MR) is 81.3 cm³/mol. The lowest BCUT2D eigenvalue weighted by atomic mass is 10.0. The summed E-state index contributed by atoms with van der Waals surface area (Å²) in [5, 5.41) is 6.27. The predicted octanol–water partition coefficient (Wildman–Crippen LogP) is 2.75. The molecule has 1 aromatic heterocycles. The monoisotopic (exact) mass is 289 g/mol. The summed E-state index contributed by atoms with van der Waals surface area (Å²) in [5.74, 6) is -0.140. The maximum atomic E-state index is 12.3. The highest BCUT2D eigenvalue weighted by Gasteiger charge is 2.11. The highest BCUT2D eigenvalue weighted by atomic mass is 35.5. The summed E-state index contributed by atoms with van der Waals surface area (Å²) >= 11 is 5.80. The molecule has 0 spiro atoms. The van der Waals surface area contributed by atoms with Crippen LogP contribution in [0.2, 0.25) is 5.15 Å². The molecule has 0 saturated carbocycles. The third-order valence-electron chi connectivity index (χ3n) is 2.89. The Balaban J connectivity index is 2.16. The second-order valence-corrected chi connectivity index (χ2v) is 4.72. The van der Waals surface area contributed by atoms with Crippen molar-refractivity contribution in [2.45, 2.75) is 6.42 Å². The number of nitrogens with one attached hydrogen (secondary N) is 2. The van der Waals surface area contributed by atoms with Gasteiger partial charge in [-0.2, -0.15) is 0 Å². The molecule has 0 radical (unpaired) electrons. The van der Waals surface area contributed by atoms with Gasteiger partial charge in [-0.25, -0.2) is 4.98 Å². The number of pyridine rings is 1. The van der Waals surface area contributed by atoms with E-state index in [1.165, 1.54) is 0 Å². The van der Waals surface area contributed by atoms with E-state index in [0.29, 0.717) is 16.4 Å². The van der Waals surface area contributed by atoms with Gasteiger partial charge in [0.1, 0.15) is 5.15 Å². The second kappa shape index (κ2) is 7.03. The van der Waals surface area contributed by atoms with E-state index in [1.54, 1.807) is 18.3 Å². The number of hydrogen-bond acceptors (Lipinski definition) is 3. The van der Waals surface area contributed by atoms with Gasteiger partial charge in [-0.15, -0.1) is 0 Å². The Kier molecular flexibility index (Phi) is 5.09. The third-order valence-corrected chi connectivity index (χ3v) is 3.10. The van der Waals surface area contributed by atoms with Gasteiger partial charge in [0, 0.05) is 17.4 Å². The topological polar surface area (TPSA) is 54.0 Å². The van der Waals surface area contributed by atoms with Crippen molar-refractivity contribution < 1.29 is 4.79 Å². The van der Waals surface area contributed by atoms with Crippen molar-refractivity contribution in [3.8, 4) is 0 Å². The van der Waals surface area contributed by atoms with Crippen LogP contribution in [0.4, 0.5) is 5.69 Å². The van der Waals surface area contributed by atoms with E-state index >= 15 is 0 Å². The van der Waals surface area contributed by atoms with Gasteiger partial charge < -0.3 is 10.6 Å². The van der Waals surface area contributed by atoms with Gasteiger partial charge in [-0.1, -0.05) is 29.8 Å². The molecule has 5 heteroatoms. The summed E-state index contributed by atoms with van der Waals surface area (Å²) in [4.78, 5) is 16.2. The normalized spacial score (nSPS) is 10.3. The average molecular weight is 290 g/mol. The lowest BCUT2D eigenvalue weighted by Gasteiger charge is -2.10. The standard InChI is InChI=1S/C15H16ClN3O/c1-17-8-6-11-4-2-3-5-13(11)15(20)19-12-7-9-18-14(16)10-12/h2-5,7,9-10,17H,6,8H2,1H3,(H,18,19,20). The van der Waals surface area contributed by atoms with Crippen molar-refractivity contribution in [1.82, 2.24) is 10.3 Å². The number of benzene rings is 1. The van der Waals surface area contributed by atoms with Gasteiger partial charge in [-0.05, 0) is 43.8 Å². The first-order valence-corrected chi connectivity index (χ1v) is 6.74. The maximum absolute atomic E-state index is 12.3. The Hall–Kier alpha value is -1.91. The smallest absolute Gasteiger partial charge is 0.255 e. The molecule has 0 fully saturated rings. The molecular weight excluding hydrogens is 274 g/mol. The van der Waals surface area contributed by atoms with Crippen molar-refractivity contribution in [2.24, 2.45) is 0 Å². The summed E-state index contributed by atoms with van der Waals surface area (Å²) < 4.78 is 0. The summed E-state index contributed by atoms with van der Waals surface area (Å²) in [6.07, 6.45) is 2.36. The van der Waals surface area contributed by atoms with Crippen LogP contribution in [-0.2, 0) is 6.42 Å². The Morgan fingerprint density at radius 2 is 2.10 bits per heavy atom. The molecule has 20 heavy (non-hydrogen) atoms. The number of nitrogens with zero attached hydrogens (tertiary/aromatic N) is 1. The van der Waals surface area contributed by atoms with E-state index in [0.717, 1.165) is 18.5 Å². The zero-order chi connectivity index (χ0) is 14.4. The van der Waals surface area contributed by atoms with Gasteiger partial charge in [0.05, 0.1) is 0 Å². The lowest BCUT2D eigenvalue weighted by Crippen LogP contribution is -2.17. The molecule has 1 amide bonds. The molecule has 4 nitrogen and oxygen atoms in total. The first-order valence-electron chi connectivity index (χ1n) is 6.36. The van der Waals surface area contributed by atoms with Crippen LogP contribution in [0, 0.1) is 0 Å². The van der Waals surface area contributed by atoms with E-state index in [9.17, 15) is 4.79 Å². The minimum absolute atomic E-state index is 0.140. The Bertz CT molecular complexity index is 601. The average Bonchev–Trinajstić information content (AvgIpc) is 2.45. The van der Waals surface area contributed by atoms with Gasteiger partial charge >= 0.3 is 0 Å². The van der Waals surface area contributed by atoms with Gasteiger partial charge in [-0.3, -0.25) is 4.79 Å². The van der Waals surface area contributed by atoms with E-state index < -0.39 is 0 Å². The fourth-order valence-electron chi connectivity index (χ4n) is 1.90. The molecule has 0 bridgehead atoms. The lowest BCUT2D eigenvalue weighted by molar-refractivity contribution is 0.102. The van der Waals surface area contributed by atoms with Crippen LogP contribution in [0.5, 0.6) is 0 Å². The van der Waals surface area contributed by atoms with Crippen molar-refractivity contribution >= 4 is 23.2 Å².